The van der Waals surface area contributed by atoms with Gasteiger partial charge >= 0.3 is 23.9 Å². The zero-order valence-corrected chi connectivity index (χ0v) is 36.5. The third kappa shape index (κ3) is 10.1. The Balaban J connectivity index is 1.20. The molecule has 0 radical (unpaired) electrons. The Labute approximate surface area is 389 Å². The molecule has 9 rings (SSSR count). The van der Waals surface area contributed by atoms with Crippen LogP contribution in [-0.4, -0.2) is 108 Å². The van der Waals surface area contributed by atoms with Gasteiger partial charge in [0.2, 0.25) is 0 Å². The lowest BCUT2D eigenvalue weighted by Crippen LogP contribution is -2.43. The lowest BCUT2D eigenvalue weighted by Gasteiger charge is -2.24. The largest absolute Gasteiger partial charge is 0.480 e. The molecule has 0 saturated carbocycles. The first-order valence-corrected chi connectivity index (χ1v) is 21.8. The number of aromatic amines is 2. The number of carboxylic acids is 3. The predicted octanol–water partition coefficient (Wildman–Crippen LogP) is 9.09. The minimum absolute atomic E-state index is 0.109. The molecule has 5 heterocycles. The first-order chi connectivity index (χ1) is 33.1. The maximum absolute atomic E-state index is 13.5. The molecule has 0 saturated heterocycles. The van der Waals surface area contributed by atoms with E-state index >= 15 is 0 Å². The van der Waals surface area contributed by atoms with Crippen molar-refractivity contribution in [3.05, 3.63) is 162 Å². The van der Waals surface area contributed by atoms with Crippen molar-refractivity contribution in [3.8, 4) is 50.3 Å². The summed E-state index contributed by atoms with van der Waals surface area (Å²) in [6, 6.07) is 45.5. The number of H-pyrrole nitrogens is 2. The van der Waals surface area contributed by atoms with Gasteiger partial charge in [0.05, 0.1) is 49.0 Å². The summed E-state index contributed by atoms with van der Waals surface area (Å²) in [6.45, 7) is -2.41. The number of fused-ring (bicyclic) bond motifs is 8. The smallest absolute Gasteiger partial charge is 0.325 e. The van der Waals surface area contributed by atoms with Gasteiger partial charge in [0, 0.05) is 57.4 Å². The van der Waals surface area contributed by atoms with Crippen molar-refractivity contribution in [3.63, 3.8) is 0 Å². The highest BCUT2D eigenvalue weighted by molar-refractivity contribution is 6.00. The molecule has 7 aromatic rings. The van der Waals surface area contributed by atoms with E-state index in [4.69, 9.17) is 14.7 Å². The van der Waals surface area contributed by atoms with E-state index in [1.807, 2.05) is 97.1 Å². The Hall–Kier alpha value is -8.72. The van der Waals surface area contributed by atoms with E-state index in [0.29, 0.717) is 22.5 Å². The summed E-state index contributed by atoms with van der Waals surface area (Å²) in [5.74, 6) is -4.30. The number of carboxylic acid groups (broad SMARTS) is 3. The molecular formula is C54H44N6O8. The van der Waals surface area contributed by atoms with Crippen LogP contribution in [0.4, 0.5) is 0 Å². The van der Waals surface area contributed by atoms with Gasteiger partial charge in [-0.3, -0.25) is 29.0 Å². The van der Waals surface area contributed by atoms with Gasteiger partial charge in [-0.15, -0.1) is 0 Å². The van der Waals surface area contributed by atoms with Crippen LogP contribution in [0.5, 0.6) is 5.75 Å². The molecule has 14 nitrogen and oxygen atoms in total. The van der Waals surface area contributed by atoms with Crippen molar-refractivity contribution in [1.29, 1.82) is 0 Å². The number of rotatable bonds is 16. The predicted molar refractivity (Wildman–Crippen MR) is 262 cm³/mol. The van der Waals surface area contributed by atoms with Crippen LogP contribution in [0.15, 0.2) is 140 Å². The van der Waals surface area contributed by atoms with Crippen LogP contribution in [0.3, 0.4) is 0 Å². The summed E-state index contributed by atoms with van der Waals surface area (Å²) < 4.78 is 5.84. The van der Waals surface area contributed by atoms with Gasteiger partial charge < -0.3 is 30.0 Å². The Morgan fingerprint density at radius 2 is 0.765 bits per heavy atom. The number of nitrogens with one attached hydrogen (secondary N) is 2. The quantitative estimate of drug-likeness (QED) is 0.0456. The molecule has 0 aliphatic carbocycles. The molecule has 0 atom stereocenters. The van der Waals surface area contributed by atoms with Gasteiger partial charge in [-0.05, 0) is 83.0 Å². The van der Waals surface area contributed by atoms with Crippen molar-refractivity contribution >= 4 is 70.2 Å². The van der Waals surface area contributed by atoms with Gasteiger partial charge in [-0.1, -0.05) is 103 Å². The number of nitrogens with zero attached hydrogens (tertiary/aromatic N) is 4. The zero-order valence-electron chi connectivity index (χ0n) is 36.5. The number of hydrogen-bond acceptors (Lipinski definition) is 9. The molecule has 2 aliphatic heterocycles. The van der Waals surface area contributed by atoms with E-state index in [-0.39, 0.29) is 18.8 Å². The molecular weight excluding hydrogens is 861 g/mol. The van der Waals surface area contributed by atoms with Crippen LogP contribution in [0, 0.1) is 0 Å². The molecule has 3 aromatic heterocycles. The highest BCUT2D eigenvalue weighted by atomic mass is 16.5. The molecule has 68 heavy (non-hydrogen) atoms. The van der Waals surface area contributed by atoms with Crippen molar-refractivity contribution in [2.24, 2.45) is 0 Å². The Bertz CT molecular complexity index is 3240. The number of carbonyl (C=O) groups excluding carboxylic acids is 1. The maximum atomic E-state index is 13.5. The highest BCUT2D eigenvalue weighted by Gasteiger charge is 2.22. The molecule has 5 N–H and O–H groups in total. The summed E-state index contributed by atoms with van der Waals surface area (Å²) >= 11 is 0. The number of aromatic nitrogens is 4. The van der Waals surface area contributed by atoms with Crippen molar-refractivity contribution in [2.45, 2.75) is 0 Å². The molecule has 0 unspecified atom stereocenters. The number of carbonyl (C=O) groups is 4. The second-order valence-electron chi connectivity index (χ2n) is 16.2. The Kier molecular flexibility index (Phi) is 12.9. The molecule has 2 aliphatic rings. The summed E-state index contributed by atoms with van der Waals surface area (Å²) in [5.41, 5.74) is 13.2. The third-order valence-corrected chi connectivity index (χ3v) is 11.5. The molecule has 0 spiro atoms. The SMILES string of the molecule is O=C(O)CN(CCN(CC(=O)O)CC(=O)Oc1cccc(-c2c3nc(c(-c4ccccc4)c4ccc([nH]4)c(-c4ccccc4)c4nc(c(-c5ccccc5)c5ccc2[nH]5)C=C4)C=C3)c1)CC(=O)O. The standard InChI is InChI=1S/C54H44N6O8/c61-47(62)30-59(31-48(63)64)27-28-60(32-49(65)66)33-50(67)68-38-18-10-17-37(29-38)54-45-25-23-43(57-45)52(35-13-6-2-7-14-35)41-21-19-39(55-41)51(34-11-4-1-5-12-34)40-20-22-42(56-40)53(36-15-8-3-9-16-36)44-24-26-46(54)58-44/h1-26,29,55,58H,27-28,30-33H2,(H,61,62)(H,63,64)(H,65,66). The van der Waals surface area contributed by atoms with Gasteiger partial charge in [0.25, 0.3) is 0 Å². The number of esters is 1. The lowest BCUT2D eigenvalue weighted by atomic mass is 10.0. The average Bonchev–Trinajstić information content (AvgIpc) is 4.17. The summed E-state index contributed by atoms with van der Waals surface area (Å²) in [4.78, 5) is 68.5. The Morgan fingerprint density at radius 1 is 0.426 bits per heavy atom. The summed E-state index contributed by atoms with van der Waals surface area (Å²) in [5, 5.41) is 28.2. The molecule has 8 bridgehead atoms. The molecule has 4 aromatic carbocycles. The van der Waals surface area contributed by atoms with E-state index in [1.165, 1.54) is 4.90 Å². The average molecular weight is 905 g/mol. The summed E-state index contributed by atoms with van der Waals surface area (Å²) in [7, 11) is 0. The van der Waals surface area contributed by atoms with E-state index < -0.39 is 50.1 Å². The van der Waals surface area contributed by atoms with Gasteiger partial charge in [0.15, 0.2) is 0 Å². The first-order valence-electron chi connectivity index (χ1n) is 21.8. The van der Waals surface area contributed by atoms with Crippen LogP contribution >= 0.6 is 0 Å². The van der Waals surface area contributed by atoms with Crippen molar-refractivity contribution in [1.82, 2.24) is 29.7 Å². The first kappa shape index (κ1) is 44.5. The van der Waals surface area contributed by atoms with E-state index in [1.54, 1.807) is 18.2 Å². The van der Waals surface area contributed by atoms with Crippen molar-refractivity contribution < 1.29 is 39.2 Å². The minimum Gasteiger partial charge on any atom is -0.480 e. The fourth-order valence-corrected chi connectivity index (χ4v) is 8.58. The highest BCUT2D eigenvalue weighted by Crippen LogP contribution is 2.39. The Morgan fingerprint density at radius 3 is 1.13 bits per heavy atom. The summed E-state index contributed by atoms with van der Waals surface area (Å²) in [6.07, 6.45) is 8.04. The third-order valence-electron chi connectivity index (χ3n) is 11.5. The normalized spacial score (nSPS) is 11.9. The van der Waals surface area contributed by atoms with Gasteiger partial charge in [-0.2, -0.15) is 0 Å². The molecule has 338 valence electrons. The monoisotopic (exact) mass is 904 g/mol. The lowest BCUT2D eigenvalue weighted by molar-refractivity contribution is -0.144. The van der Waals surface area contributed by atoms with Crippen LogP contribution in [0.2, 0.25) is 0 Å². The molecule has 0 amide bonds. The van der Waals surface area contributed by atoms with Crippen LogP contribution in [0.25, 0.3) is 90.9 Å². The second-order valence-corrected chi connectivity index (χ2v) is 16.2. The van der Waals surface area contributed by atoms with E-state index in [0.717, 1.165) is 71.7 Å². The number of benzene rings is 4. The van der Waals surface area contributed by atoms with Crippen molar-refractivity contribution in [2.75, 3.05) is 39.3 Å². The van der Waals surface area contributed by atoms with E-state index in [9.17, 15) is 34.5 Å². The van der Waals surface area contributed by atoms with Crippen LogP contribution in [0.1, 0.15) is 22.8 Å². The zero-order chi connectivity index (χ0) is 47.1. The fraction of sp³-hybridized carbons (Fsp3) is 0.111. The van der Waals surface area contributed by atoms with E-state index in [2.05, 4.69) is 58.5 Å². The van der Waals surface area contributed by atoms with Crippen LogP contribution < -0.4 is 4.74 Å². The maximum Gasteiger partial charge on any atom is 0.325 e. The number of ether oxygens (including phenoxy) is 1. The number of aliphatic carboxylic acids is 3. The fourth-order valence-electron chi connectivity index (χ4n) is 8.58. The number of hydrogen-bond donors (Lipinski definition) is 5. The molecule has 14 heteroatoms. The topological polar surface area (TPSA) is 202 Å². The van der Waals surface area contributed by atoms with Gasteiger partial charge in [-0.25, -0.2) is 9.97 Å². The second kappa shape index (κ2) is 19.8. The molecule has 0 fully saturated rings. The van der Waals surface area contributed by atoms with Crippen LogP contribution in [-0.2, 0) is 19.2 Å². The minimum atomic E-state index is -1.24. The van der Waals surface area contributed by atoms with Gasteiger partial charge in [0.1, 0.15) is 5.75 Å².